The summed E-state index contributed by atoms with van der Waals surface area (Å²) in [6.07, 6.45) is 1.17. The molecule has 1 heterocycles. The van der Waals surface area contributed by atoms with Gasteiger partial charge in [0.15, 0.2) is 0 Å². The van der Waals surface area contributed by atoms with Crippen LogP contribution in [0, 0.1) is 17.5 Å². The maximum atomic E-state index is 14.0. The predicted octanol–water partition coefficient (Wildman–Crippen LogP) is 4.47. The van der Waals surface area contributed by atoms with Gasteiger partial charge in [0.05, 0.1) is 22.0 Å². The molecular formula is C24H22F3N3O3S. The molecule has 0 bridgehead atoms. The van der Waals surface area contributed by atoms with Gasteiger partial charge < -0.3 is 10.2 Å². The zero-order valence-corrected chi connectivity index (χ0v) is 19.1. The second kappa shape index (κ2) is 9.38. The first-order valence-corrected chi connectivity index (χ1v) is 12.0. The predicted molar refractivity (Wildman–Crippen MR) is 124 cm³/mol. The topological polar surface area (TPSA) is 78.5 Å². The summed E-state index contributed by atoms with van der Waals surface area (Å²) < 4.78 is 68.4. The van der Waals surface area contributed by atoms with Crippen molar-refractivity contribution in [3.63, 3.8) is 0 Å². The molecule has 0 unspecified atom stereocenters. The highest BCUT2D eigenvalue weighted by Crippen LogP contribution is 2.38. The number of halogens is 3. The largest absolute Gasteiger partial charge is 0.369 e. The van der Waals surface area contributed by atoms with Crippen molar-refractivity contribution < 1.29 is 26.4 Å². The third-order valence-corrected chi connectivity index (χ3v) is 6.85. The van der Waals surface area contributed by atoms with E-state index in [9.17, 15) is 26.4 Å². The molecular weight excluding hydrogens is 467 g/mol. The lowest BCUT2D eigenvalue weighted by Crippen LogP contribution is -2.25. The van der Waals surface area contributed by atoms with Crippen LogP contribution in [0.3, 0.4) is 0 Å². The number of carbonyl (C=O) groups is 1. The quantitative estimate of drug-likeness (QED) is 0.514. The number of anilines is 3. The summed E-state index contributed by atoms with van der Waals surface area (Å²) in [6, 6.07) is 11.5. The maximum absolute atomic E-state index is 14.0. The summed E-state index contributed by atoms with van der Waals surface area (Å²) in [5, 5.41) is 2.69. The molecule has 0 spiro atoms. The van der Waals surface area contributed by atoms with E-state index in [-0.39, 0.29) is 22.3 Å². The van der Waals surface area contributed by atoms with Crippen molar-refractivity contribution >= 4 is 33.0 Å². The van der Waals surface area contributed by atoms with Gasteiger partial charge in [-0.25, -0.2) is 21.6 Å². The van der Waals surface area contributed by atoms with Gasteiger partial charge in [0.2, 0.25) is 5.91 Å². The molecule has 0 atom stereocenters. The molecule has 0 aliphatic carbocycles. The number of rotatable bonds is 7. The van der Waals surface area contributed by atoms with Crippen LogP contribution in [0.15, 0.2) is 59.5 Å². The molecule has 6 nitrogen and oxygen atoms in total. The number of hydrogen-bond donors (Lipinski definition) is 2. The smallest absolute Gasteiger partial charge is 0.262 e. The van der Waals surface area contributed by atoms with E-state index in [1.807, 2.05) is 4.90 Å². The number of fused-ring (bicyclic) bond motifs is 1. The Labute approximate surface area is 195 Å². The van der Waals surface area contributed by atoms with Crippen LogP contribution >= 0.6 is 0 Å². The molecule has 3 aromatic rings. The lowest BCUT2D eigenvalue weighted by Gasteiger charge is -2.23. The van der Waals surface area contributed by atoms with Crippen molar-refractivity contribution in [1.82, 2.24) is 0 Å². The fraction of sp³-hybridized carbons (Fsp3) is 0.208. The number of sulfonamides is 1. The summed E-state index contributed by atoms with van der Waals surface area (Å²) in [6.45, 7) is 2.50. The number of nitrogens with one attached hydrogen (secondary N) is 2. The average Bonchev–Trinajstić information content (AvgIpc) is 3.18. The number of amides is 1. The first kappa shape index (κ1) is 23.6. The fourth-order valence-corrected chi connectivity index (χ4v) is 5.09. The van der Waals surface area contributed by atoms with Gasteiger partial charge >= 0.3 is 0 Å². The van der Waals surface area contributed by atoms with Crippen molar-refractivity contribution in [2.45, 2.75) is 24.7 Å². The normalized spacial score (nSPS) is 13.0. The Balaban J connectivity index is 1.64. The van der Waals surface area contributed by atoms with Gasteiger partial charge in [-0.05, 0) is 60.4 Å². The highest BCUT2D eigenvalue weighted by atomic mass is 32.2. The fourth-order valence-electron chi connectivity index (χ4n) is 3.95. The number of benzene rings is 3. The zero-order valence-electron chi connectivity index (χ0n) is 18.2. The van der Waals surface area contributed by atoms with Crippen LogP contribution in [0.1, 0.15) is 18.1 Å². The molecule has 4 rings (SSSR count). The van der Waals surface area contributed by atoms with Crippen LogP contribution in [0.5, 0.6) is 0 Å². The van der Waals surface area contributed by atoms with Crippen LogP contribution in [0.2, 0.25) is 0 Å². The van der Waals surface area contributed by atoms with E-state index in [1.165, 1.54) is 31.2 Å². The third-order valence-electron chi connectivity index (χ3n) is 5.51. The SMILES string of the molecule is CC(=O)Nc1cc(S(=O)(=O)Nc2ccc(F)cc2F)cc2c1N(CCc1ccc(F)cc1)CC2. The summed E-state index contributed by atoms with van der Waals surface area (Å²) in [4.78, 5) is 13.7. The van der Waals surface area contributed by atoms with Crippen molar-refractivity contribution in [3.05, 3.63) is 83.2 Å². The molecule has 1 amide bonds. The monoisotopic (exact) mass is 489 g/mol. The summed E-state index contributed by atoms with van der Waals surface area (Å²) >= 11 is 0. The summed E-state index contributed by atoms with van der Waals surface area (Å²) in [7, 11) is -4.22. The standard InChI is InChI=1S/C24H22F3N3O3S/c1-15(31)28-23-14-20(34(32,33)29-22-7-6-19(26)13-21(22)27)12-17-9-11-30(24(17)23)10-8-16-2-4-18(25)5-3-16/h2-7,12-14,29H,8-11H2,1H3,(H,28,31). The highest BCUT2D eigenvalue weighted by molar-refractivity contribution is 7.92. The maximum Gasteiger partial charge on any atom is 0.262 e. The molecule has 0 radical (unpaired) electrons. The van der Waals surface area contributed by atoms with Crippen molar-refractivity contribution in [2.75, 3.05) is 28.0 Å². The summed E-state index contributed by atoms with van der Waals surface area (Å²) in [5.41, 5.74) is 2.31. The van der Waals surface area contributed by atoms with E-state index < -0.39 is 21.7 Å². The van der Waals surface area contributed by atoms with Crippen molar-refractivity contribution in [1.29, 1.82) is 0 Å². The van der Waals surface area contributed by atoms with Crippen LogP contribution < -0.4 is 14.9 Å². The van der Waals surface area contributed by atoms with E-state index in [1.54, 1.807) is 12.1 Å². The zero-order chi connectivity index (χ0) is 24.5. The van der Waals surface area contributed by atoms with Gasteiger partial charge in [0, 0.05) is 26.1 Å². The molecule has 3 aromatic carbocycles. The Kier molecular flexibility index (Phi) is 6.52. The van der Waals surface area contributed by atoms with Crippen LogP contribution in [0.25, 0.3) is 0 Å². The van der Waals surface area contributed by atoms with Crippen LogP contribution in [-0.4, -0.2) is 27.4 Å². The van der Waals surface area contributed by atoms with Gasteiger partial charge in [-0.15, -0.1) is 0 Å². The van der Waals surface area contributed by atoms with Gasteiger partial charge in [-0.1, -0.05) is 12.1 Å². The molecule has 1 aliphatic heterocycles. The first-order chi connectivity index (χ1) is 16.1. The van der Waals surface area contributed by atoms with E-state index in [4.69, 9.17) is 0 Å². The van der Waals surface area contributed by atoms with E-state index in [0.717, 1.165) is 17.7 Å². The second-order valence-electron chi connectivity index (χ2n) is 8.00. The first-order valence-electron chi connectivity index (χ1n) is 10.5. The van der Waals surface area contributed by atoms with E-state index >= 15 is 0 Å². The molecule has 0 aromatic heterocycles. The molecule has 0 saturated carbocycles. The van der Waals surface area contributed by atoms with Gasteiger partial charge in [0.1, 0.15) is 17.5 Å². The van der Waals surface area contributed by atoms with E-state index in [0.29, 0.717) is 48.9 Å². The van der Waals surface area contributed by atoms with Crippen molar-refractivity contribution in [2.24, 2.45) is 0 Å². The minimum atomic E-state index is -4.22. The third kappa shape index (κ3) is 5.17. The molecule has 1 aliphatic rings. The Morgan fingerprint density at radius 1 is 0.971 bits per heavy atom. The van der Waals surface area contributed by atoms with Gasteiger partial charge in [0.25, 0.3) is 10.0 Å². The van der Waals surface area contributed by atoms with Gasteiger partial charge in [-0.2, -0.15) is 0 Å². The lowest BCUT2D eigenvalue weighted by atomic mass is 10.1. The Morgan fingerprint density at radius 3 is 2.35 bits per heavy atom. The van der Waals surface area contributed by atoms with Crippen molar-refractivity contribution in [3.8, 4) is 0 Å². The lowest BCUT2D eigenvalue weighted by molar-refractivity contribution is -0.114. The molecule has 34 heavy (non-hydrogen) atoms. The Hall–Kier alpha value is -3.53. The molecule has 0 fully saturated rings. The molecule has 2 N–H and O–H groups in total. The molecule has 10 heteroatoms. The number of hydrogen-bond acceptors (Lipinski definition) is 4. The van der Waals surface area contributed by atoms with Crippen LogP contribution in [-0.2, 0) is 27.7 Å². The second-order valence-corrected chi connectivity index (χ2v) is 9.69. The molecule has 178 valence electrons. The minimum Gasteiger partial charge on any atom is -0.369 e. The number of nitrogens with zero attached hydrogens (tertiary/aromatic N) is 1. The minimum absolute atomic E-state index is 0.154. The van der Waals surface area contributed by atoms with E-state index in [2.05, 4.69) is 10.0 Å². The van der Waals surface area contributed by atoms with Gasteiger partial charge in [-0.3, -0.25) is 9.52 Å². The highest BCUT2D eigenvalue weighted by Gasteiger charge is 2.27. The Bertz CT molecular complexity index is 1350. The number of carbonyl (C=O) groups excluding carboxylic acids is 1. The summed E-state index contributed by atoms with van der Waals surface area (Å²) in [5.74, 6) is -2.56. The average molecular weight is 490 g/mol. The molecule has 0 saturated heterocycles. The van der Waals surface area contributed by atoms with Crippen LogP contribution in [0.4, 0.5) is 30.2 Å². The Morgan fingerprint density at radius 2 is 1.68 bits per heavy atom.